The predicted molar refractivity (Wildman–Crippen MR) is 91.2 cm³/mol. The van der Waals surface area contributed by atoms with Crippen LogP contribution in [-0.4, -0.2) is 42.8 Å². The van der Waals surface area contributed by atoms with Crippen LogP contribution in [0, 0.1) is 5.92 Å². The molecule has 1 atom stereocenters. The molecule has 0 radical (unpaired) electrons. The third-order valence-electron chi connectivity index (χ3n) is 3.32. The van der Waals surface area contributed by atoms with Gasteiger partial charge in [-0.3, -0.25) is 9.59 Å². The molecule has 0 spiro atoms. The van der Waals surface area contributed by atoms with Crippen molar-refractivity contribution < 1.29 is 24.2 Å². The maximum atomic E-state index is 12.2. The number of carbonyl (C=O) groups excluding carboxylic acids is 1. The summed E-state index contributed by atoms with van der Waals surface area (Å²) in [5, 5.41) is 11.7. The summed E-state index contributed by atoms with van der Waals surface area (Å²) in [5.74, 6) is -0.0146. The number of carboxylic acid groups (broad SMARTS) is 1. The number of ether oxygens (including phenoxy) is 2. The standard InChI is InChI=1S/C18H27NO5/c1-13(2)11-24-15-7-5-14(6-8-15)9-16(20)19-18(3,12-23-4)10-17(21)22/h5-8,13H,9-12H2,1-4H3,(H,19,20)(H,21,22). The van der Waals surface area contributed by atoms with Gasteiger partial charge in [-0.15, -0.1) is 0 Å². The Kier molecular flexibility index (Phi) is 7.71. The number of carbonyl (C=O) groups is 2. The third kappa shape index (κ3) is 7.46. The summed E-state index contributed by atoms with van der Waals surface area (Å²) in [7, 11) is 1.47. The van der Waals surface area contributed by atoms with Crippen LogP contribution < -0.4 is 10.1 Å². The summed E-state index contributed by atoms with van der Waals surface area (Å²) in [6.45, 7) is 6.59. The quantitative estimate of drug-likeness (QED) is 0.684. The second-order valence-electron chi connectivity index (χ2n) is 6.64. The van der Waals surface area contributed by atoms with Crippen LogP contribution in [0.2, 0.25) is 0 Å². The van der Waals surface area contributed by atoms with E-state index in [0.717, 1.165) is 11.3 Å². The highest BCUT2D eigenvalue weighted by Gasteiger charge is 2.29. The molecule has 1 aromatic rings. The lowest BCUT2D eigenvalue weighted by Crippen LogP contribution is -2.51. The van der Waals surface area contributed by atoms with Crippen molar-refractivity contribution in [1.82, 2.24) is 5.32 Å². The number of carboxylic acids is 1. The summed E-state index contributed by atoms with van der Waals surface area (Å²) in [4.78, 5) is 23.1. The Labute approximate surface area is 143 Å². The number of hydrogen-bond acceptors (Lipinski definition) is 4. The van der Waals surface area contributed by atoms with Crippen molar-refractivity contribution in [3.05, 3.63) is 29.8 Å². The molecule has 0 fully saturated rings. The third-order valence-corrected chi connectivity index (χ3v) is 3.32. The van der Waals surface area contributed by atoms with Gasteiger partial charge in [-0.2, -0.15) is 0 Å². The van der Waals surface area contributed by atoms with Gasteiger partial charge in [0.1, 0.15) is 5.75 Å². The molecule has 0 heterocycles. The molecule has 0 aliphatic rings. The second kappa shape index (κ2) is 9.27. The largest absolute Gasteiger partial charge is 0.493 e. The summed E-state index contributed by atoms with van der Waals surface area (Å²) in [5.41, 5.74) is -0.0997. The van der Waals surface area contributed by atoms with Gasteiger partial charge >= 0.3 is 5.97 Å². The van der Waals surface area contributed by atoms with E-state index in [0.29, 0.717) is 12.5 Å². The highest BCUT2D eigenvalue weighted by Crippen LogP contribution is 2.15. The molecule has 0 aliphatic carbocycles. The number of benzene rings is 1. The molecule has 1 rings (SSSR count). The Morgan fingerprint density at radius 1 is 1.25 bits per heavy atom. The van der Waals surface area contributed by atoms with Gasteiger partial charge in [0, 0.05) is 7.11 Å². The highest BCUT2D eigenvalue weighted by molar-refractivity contribution is 5.80. The Balaban J connectivity index is 2.61. The van der Waals surface area contributed by atoms with E-state index >= 15 is 0 Å². The SMILES string of the molecule is COCC(C)(CC(=O)O)NC(=O)Cc1ccc(OCC(C)C)cc1. The molecule has 0 aliphatic heterocycles. The fraction of sp³-hybridized carbons (Fsp3) is 0.556. The average molecular weight is 337 g/mol. The van der Waals surface area contributed by atoms with Crippen LogP contribution in [0.1, 0.15) is 32.8 Å². The van der Waals surface area contributed by atoms with Crippen molar-refractivity contribution in [1.29, 1.82) is 0 Å². The smallest absolute Gasteiger partial charge is 0.305 e. The molecule has 24 heavy (non-hydrogen) atoms. The molecular weight excluding hydrogens is 310 g/mol. The van der Waals surface area contributed by atoms with Gasteiger partial charge in [-0.1, -0.05) is 26.0 Å². The zero-order valence-corrected chi connectivity index (χ0v) is 14.8. The van der Waals surface area contributed by atoms with Crippen LogP contribution in [0.25, 0.3) is 0 Å². The van der Waals surface area contributed by atoms with Gasteiger partial charge in [0.05, 0.1) is 31.6 Å². The summed E-state index contributed by atoms with van der Waals surface area (Å²) in [6.07, 6.45) is -0.0298. The fourth-order valence-electron chi connectivity index (χ4n) is 2.32. The van der Waals surface area contributed by atoms with E-state index < -0.39 is 11.5 Å². The van der Waals surface area contributed by atoms with Gasteiger partial charge in [-0.05, 0) is 30.5 Å². The first-order valence-corrected chi connectivity index (χ1v) is 7.97. The number of methoxy groups -OCH3 is 1. The van der Waals surface area contributed by atoms with Crippen molar-refractivity contribution in [3.63, 3.8) is 0 Å². The summed E-state index contributed by atoms with van der Waals surface area (Å²) < 4.78 is 10.6. The Hall–Kier alpha value is -2.08. The van der Waals surface area contributed by atoms with Gasteiger partial charge in [-0.25, -0.2) is 0 Å². The lowest BCUT2D eigenvalue weighted by atomic mass is 9.98. The van der Waals surface area contributed by atoms with E-state index in [1.54, 1.807) is 6.92 Å². The lowest BCUT2D eigenvalue weighted by molar-refractivity contribution is -0.139. The minimum absolute atomic E-state index is 0.132. The Morgan fingerprint density at radius 3 is 2.38 bits per heavy atom. The van der Waals surface area contributed by atoms with Gasteiger partial charge in [0.15, 0.2) is 0 Å². The zero-order chi connectivity index (χ0) is 18.2. The van der Waals surface area contributed by atoms with E-state index in [-0.39, 0.29) is 25.4 Å². The van der Waals surface area contributed by atoms with Crippen molar-refractivity contribution in [2.75, 3.05) is 20.3 Å². The van der Waals surface area contributed by atoms with E-state index in [2.05, 4.69) is 19.2 Å². The normalized spacial score (nSPS) is 13.4. The Bertz CT molecular complexity index is 541. The number of amides is 1. The first kappa shape index (κ1) is 20.0. The zero-order valence-electron chi connectivity index (χ0n) is 14.8. The monoisotopic (exact) mass is 337 g/mol. The van der Waals surface area contributed by atoms with Crippen LogP contribution in [0.15, 0.2) is 24.3 Å². The van der Waals surface area contributed by atoms with E-state index in [1.165, 1.54) is 7.11 Å². The number of hydrogen-bond donors (Lipinski definition) is 2. The molecule has 0 bridgehead atoms. The van der Waals surface area contributed by atoms with Gasteiger partial charge < -0.3 is 19.9 Å². The second-order valence-corrected chi connectivity index (χ2v) is 6.64. The van der Waals surface area contributed by atoms with Gasteiger partial charge in [0.2, 0.25) is 5.91 Å². The van der Waals surface area contributed by atoms with Crippen LogP contribution in [0.5, 0.6) is 5.75 Å². The molecular formula is C18H27NO5. The van der Waals surface area contributed by atoms with E-state index in [9.17, 15) is 9.59 Å². The molecule has 0 saturated heterocycles. The molecule has 0 saturated carbocycles. The molecule has 0 aromatic heterocycles. The first-order chi connectivity index (χ1) is 11.2. The summed E-state index contributed by atoms with van der Waals surface area (Å²) >= 11 is 0. The molecule has 1 amide bonds. The van der Waals surface area contributed by atoms with Crippen molar-refractivity contribution >= 4 is 11.9 Å². The van der Waals surface area contributed by atoms with Crippen LogP contribution in [-0.2, 0) is 20.7 Å². The first-order valence-electron chi connectivity index (χ1n) is 7.97. The Morgan fingerprint density at radius 2 is 1.88 bits per heavy atom. The van der Waals surface area contributed by atoms with Gasteiger partial charge in [0.25, 0.3) is 0 Å². The maximum Gasteiger partial charge on any atom is 0.305 e. The van der Waals surface area contributed by atoms with E-state index in [4.69, 9.17) is 14.6 Å². The number of aliphatic carboxylic acids is 1. The molecule has 6 nitrogen and oxygen atoms in total. The molecule has 1 unspecified atom stereocenters. The van der Waals surface area contributed by atoms with Crippen LogP contribution in [0.3, 0.4) is 0 Å². The van der Waals surface area contributed by atoms with Crippen LogP contribution >= 0.6 is 0 Å². The molecule has 1 aromatic carbocycles. The number of nitrogens with one attached hydrogen (secondary N) is 1. The fourth-order valence-corrected chi connectivity index (χ4v) is 2.32. The molecule has 134 valence electrons. The predicted octanol–water partition coefficient (Wildman–Crippen LogP) is 2.26. The minimum atomic E-state index is -0.985. The number of rotatable bonds is 10. The van der Waals surface area contributed by atoms with E-state index in [1.807, 2.05) is 24.3 Å². The average Bonchev–Trinajstić information content (AvgIpc) is 2.45. The van der Waals surface area contributed by atoms with Crippen molar-refractivity contribution in [2.45, 2.75) is 39.2 Å². The van der Waals surface area contributed by atoms with Crippen molar-refractivity contribution in [2.24, 2.45) is 5.92 Å². The molecule has 6 heteroatoms. The highest BCUT2D eigenvalue weighted by atomic mass is 16.5. The minimum Gasteiger partial charge on any atom is -0.493 e. The summed E-state index contributed by atoms with van der Waals surface area (Å²) in [6, 6.07) is 7.33. The van der Waals surface area contributed by atoms with Crippen LogP contribution in [0.4, 0.5) is 0 Å². The van der Waals surface area contributed by atoms with Crippen molar-refractivity contribution in [3.8, 4) is 5.75 Å². The molecule has 2 N–H and O–H groups in total. The topological polar surface area (TPSA) is 84.9 Å². The lowest BCUT2D eigenvalue weighted by Gasteiger charge is -2.28. The maximum absolute atomic E-state index is 12.2.